The predicted molar refractivity (Wildman–Crippen MR) is 55.3 cm³/mol. The number of nitrogens with one attached hydrogen (secondary N) is 3. The molecule has 0 aliphatic heterocycles. The van der Waals surface area contributed by atoms with Gasteiger partial charge < -0.3 is 10.1 Å². The molecule has 0 radical (unpaired) electrons. The summed E-state index contributed by atoms with van der Waals surface area (Å²) in [6, 6.07) is 0. The van der Waals surface area contributed by atoms with Gasteiger partial charge in [-0.2, -0.15) is 0 Å². The molecule has 14 heavy (non-hydrogen) atoms. The average molecular weight is 201 g/mol. The Morgan fingerprint density at radius 1 is 1.50 bits per heavy atom. The minimum Gasteiger partial charge on any atom is -0.443 e. The number of rotatable bonds is 4. The maximum Gasteiger partial charge on any atom is 0.422 e. The second kappa shape index (κ2) is 5.49. The Kier molecular flexibility index (Phi) is 5.01. The zero-order valence-electron chi connectivity index (χ0n) is 9.18. The summed E-state index contributed by atoms with van der Waals surface area (Å²) in [4.78, 5) is 11.1. The van der Waals surface area contributed by atoms with Crippen LogP contribution in [0.25, 0.3) is 0 Å². The van der Waals surface area contributed by atoms with E-state index in [1.54, 1.807) is 20.8 Å². The Morgan fingerprint density at radius 3 is 2.50 bits per heavy atom. The molecule has 0 fully saturated rings. The van der Waals surface area contributed by atoms with Gasteiger partial charge in [0.1, 0.15) is 5.60 Å². The number of hydrogen-bond donors (Lipinski definition) is 3. The number of ether oxygens (including phenoxy) is 1. The van der Waals surface area contributed by atoms with Crippen LogP contribution < -0.4 is 16.2 Å². The fraction of sp³-hybridized carbons (Fsp3) is 0.667. The summed E-state index contributed by atoms with van der Waals surface area (Å²) in [5, 5.41) is 2.85. The van der Waals surface area contributed by atoms with Crippen LogP contribution in [-0.4, -0.2) is 17.9 Å². The summed E-state index contributed by atoms with van der Waals surface area (Å²) >= 11 is 0. The van der Waals surface area contributed by atoms with E-state index in [0.29, 0.717) is 0 Å². The highest BCUT2D eigenvalue weighted by Gasteiger charge is 2.15. The Bertz CT molecular complexity index is 199. The fourth-order valence-corrected chi connectivity index (χ4v) is 0.689. The normalized spacial score (nSPS) is 12.9. The molecule has 1 atom stereocenters. The first kappa shape index (κ1) is 12.8. The molecule has 82 valence electrons. The molecular formula is C9H19N3O2. The van der Waals surface area contributed by atoms with Crippen molar-refractivity contribution in [3.8, 4) is 0 Å². The molecule has 0 bridgehead atoms. The van der Waals surface area contributed by atoms with Gasteiger partial charge in [-0.25, -0.2) is 10.2 Å². The summed E-state index contributed by atoms with van der Waals surface area (Å²) in [7, 11) is 0. The maximum atomic E-state index is 11.1. The van der Waals surface area contributed by atoms with Gasteiger partial charge >= 0.3 is 6.09 Å². The average Bonchev–Trinajstić information content (AvgIpc) is 1.98. The third-order valence-electron chi connectivity index (χ3n) is 1.16. The number of carbonyl (C=O) groups is 1. The summed E-state index contributed by atoms with van der Waals surface area (Å²) in [5.74, 6) is 0. The van der Waals surface area contributed by atoms with E-state index in [-0.39, 0.29) is 6.17 Å². The molecule has 1 unspecified atom stereocenters. The number of amides is 1. The number of carbonyl (C=O) groups excluding carboxylic acids is 1. The van der Waals surface area contributed by atoms with Gasteiger partial charge in [-0.1, -0.05) is 6.58 Å². The Hall–Kier alpha value is -1.23. The van der Waals surface area contributed by atoms with Crippen molar-refractivity contribution in [2.45, 2.75) is 39.5 Å². The van der Waals surface area contributed by atoms with Gasteiger partial charge in [0.05, 0.1) is 6.17 Å². The lowest BCUT2D eigenvalue weighted by Gasteiger charge is -2.21. The highest BCUT2D eigenvalue weighted by Crippen LogP contribution is 2.05. The smallest absolute Gasteiger partial charge is 0.422 e. The minimum atomic E-state index is -0.504. The van der Waals surface area contributed by atoms with Crippen LogP contribution in [0, 0.1) is 0 Å². The lowest BCUT2D eigenvalue weighted by molar-refractivity contribution is 0.0487. The lowest BCUT2D eigenvalue weighted by atomic mass is 10.2. The molecule has 0 aromatic rings. The van der Waals surface area contributed by atoms with Crippen LogP contribution in [0.5, 0.6) is 0 Å². The van der Waals surface area contributed by atoms with E-state index in [0.717, 1.165) is 0 Å². The van der Waals surface area contributed by atoms with Gasteiger partial charge in [0, 0.05) is 0 Å². The Labute approximate surface area is 84.9 Å². The second-order valence-corrected chi connectivity index (χ2v) is 3.86. The first-order valence-corrected chi connectivity index (χ1v) is 4.46. The SMILES string of the molecule is C=CNC(C)NNC(=O)OC(C)(C)C. The van der Waals surface area contributed by atoms with Crippen molar-refractivity contribution in [2.75, 3.05) is 0 Å². The first-order valence-electron chi connectivity index (χ1n) is 4.46. The van der Waals surface area contributed by atoms with Crippen molar-refractivity contribution < 1.29 is 9.53 Å². The molecule has 0 heterocycles. The molecule has 3 N–H and O–H groups in total. The van der Waals surface area contributed by atoms with Crippen LogP contribution in [-0.2, 0) is 4.74 Å². The highest BCUT2D eigenvalue weighted by molar-refractivity contribution is 5.66. The van der Waals surface area contributed by atoms with E-state index >= 15 is 0 Å². The van der Waals surface area contributed by atoms with Crippen LogP contribution in [0.2, 0.25) is 0 Å². The molecule has 0 saturated carbocycles. The fourth-order valence-electron chi connectivity index (χ4n) is 0.689. The van der Waals surface area contributed by atoms with Crippen LogP contribution in [0.1, 0.15) is 27.7 Å². The largest absolute Gasteiger partial charge is 0.443 e. The monoisotopic (exact) mass is 201 g/mol. The van der Waals surface area contributed by atoms with Gasteiger partial charge in [-0.05, 0) is 33.9 Å². The Balaban J connectivity index is 3.69. The van der Waals surface area contributed by atoms with Crippen molar-refractivity contribution in [1.29, 1.82) is 0 Å². The first-order chi connectivity index (χ1) is 6.35. The predicted octanol–water partition coefficient (Wildman–Crippen LogP) is 1.09. The van der Waals surface area contributed by atoms with Crippen LogP contribution in [0.3, 0.4) is 0 Å². The van der Waals surface area contributed by atoms with Crippen LogP contribution in [0.4, 0.5) is 4.79 Å². The van der Waals surface area contributed by atoms with Gasteiger partial charge in [0.2, 0.25) is 0 Å². The van der Waals surface area contributed by atoms with Crippen molar-refractivity contribution in [3.05, 3.63) is 12.8 Å². The molecule has 5 nitrogen and oxygen atoms in total. The van der Waals surface area contributed by atoms with E-state index < -0.39 is 11.7 Å². The van der Waals surface area contributed by atoms with Crippen molar-refractivity contribution in [3.63, 3.8) is 0 Å². The van der Waals surface area contributed by atoms with Gasteiger partial charge in [-0.15, -0.1) is 0 Å². The number of hydrogen-bond acceptors (Lipinski definition) is 4. The van der Waals surface area contributed by atoms with E-state index in [2.05, 4.69) is 22.7 Å². The third kappa shape index (κ3) is 7.42. The van der Waals surface area contributed by atoms with Crippen LogP contribution in [0.15, 0.2) is 12.8 Å². The van der Waals surface area contributed by atoms with Gasteiger partial charge in [-0.3, -0.25) is 5.43 Å². The molecule has 0 aromatic heterocycles. The second-order valence-electron chi connectivity index (χ2n) is 3.86. The summed E-state index contributed by atoms with van der Waals surface area (Å²) in [6.07, 6.45) is 0.935. The molecule has 0 rings (SSSR count). The van der Waals surface area contributed by atoms with E-state index in [1.165, 1.54) is 6.20 Å². The number of hydrazine groups is 1. The molecule has 0 aliphatic carbocycles. The topological polar surface area (TPSA) is 62.4 Å². The Morgan fingerprint density at radius 2 is 2.07 bits per heavy atom. The zero-order chi connectivity index (χ0) is 11.2. The summed E-state index contributed by atoms with van der Waals surface area (Å²) < 4.78 is 5.00. The van der Waals surface area contributed by atoms with Crippen molar-refractivity contribution in [1.82, 2.24) is 16.2 Å². The van der Waals surface area contributed by atoms with E-state index in [4.69, 9.17) is 4.74 Å². The molecule has 5 heteroatoms. The highest BCUT2D eigenvalue weighted by atomic mass is 16.6. The molecule has 0 aliphatic rings. The quantitative estimate of drug-likeness (QED) is 0.471. The molecule has 1 amide bonds. The maximum absolute atomic E-state index is 11.1. The van der Waals surface area contributed by atoms with Crippen molar-refractivity contribution >= 4 is 6.09 Å². The van der Waals surface area contributed by atoms with Gasteiger partial charge in [0.15, 0.2) is 0 Å². The van der Waals surface area contributed by atoms with Crippen LogP contribution >= 0.6 is 0 Å². The summed E-state index contributed by atoms with van der Waals surface area (Å²) in [6.45, 7) is 10.7. The third-order valence-corrected chi connectivity index (χ3v) is 1.16. The summed E-state index contributed by atoms with van der Waals surface area (Å²) in [5.41, 5.74) is 4.62. The standard InChI is InChI=1S/C9H19N3O2/c1-6-10-7(2)11-12-8(13)14-9(3,4)5/h6-7,10-11H,1H2,2-5H3,(H,12,13). The zero-order valence-corrected chi connectivity index (χ0v) is 9.18. The van der Waals surface area contributed by atoms with Gasteiger partial charge in [0.25, 0.3) is 0 Å². The molecule has 0 spiro atoms. The minimum absolute atomic E-state index is 0.0972. The molecule has 0 saturated heterocycles. The lowest BCUT2D eigenvalue weighted by Crippen LogP contribution is -2.49. The molecular weight excluding hydrogens is 182 g/mol. The van der Waals surface area contributed by atoms with E-state index in [9.17, 15) is 4.79 Å². The van der Waals surface area contributed by atoms with E-state index in [1.807, 2.05) is 6.92 Å². The molecule has 0 aromatic carbocycles. The van der Waals surface area contributed by atoms with Crippen molar-refractivity contribution in [2.24, 2.45) is 0 Å².